The van der Waals surface area contributed by atoms with Gasteiger partial charge in [0.05, 0.1) is 6.61 Å². The van der Waals surface area contributed by atoms with Crippen molar-refractivity contribution in [3.63, 3.8) is 0 Å². The van der Waals surface area contributed by atoms with Gasteiger partial charge in [-0.3, -0.25) is 0 Å². The molecule has 126 valence electrons. The Morgan fingerprint density at radius 2 is 1.88 bits per heavy atom. The summed E-state index contributed by atoms with van der Waals surface area (Å²) in [4.78, 5) is 12.5. The molecule has 3 rings (SSSR count). The number of tetrazole rings is 1. The molecular weight excluding hydrogens is 340 g/mol. The fourth-order valence-corrected chi connectivity index (χ4v) is 2.37. The van der Waals surface area contributed by atoms with Crippen LogP contribution in [0.4, 0.5) is 0 Å². The lowest BCUT2D eigenvalue weighted by atomic mass is 10.2. The minimum atomic E-state index is -0.512. The van der Waals surface area contributed by atoms with Gasteiger partial charge in [-0.15, -0.1) is 5.10 Å². The van der Waals surface area contributed by atoms with Crippen LogP contribution in [0, 0.1) is 0 Å². The van der Waals surface area contributed by atoms with E-state index < -0.39 is 5.97 Å². The molecule has 0 saturated heterocycles. The second-order valence-electron chi connectivity index (χ2n) is 5.08. The molecule has 6 nitrogen and oxygen atoms in total. The number of hydrogen-bond donors (Lipinski definition) is 0. The van der Waals surface area contributed by atoms with Gasteiger partial charge in [0.25, 0.3) is 0 Å². The number of hydrogen-bond acceptors (Lipinski definition) is 5. The first-order valence-corrected chi connectivity index (χ1v) is 8.05. The maximum absolute atomic E-state index is 12.5. The molecule has 0 fully saturated rings. The summed E-state index contributed by atoms with van der Waals surface area (Å²) in [6.07, 6.45) is 1.66. The molecule has 25 heavy (non-hydrogen) atoms. The Bertz CT molecular complexity index is 889. The summed E-state index contributed by atoms with van der Waals surface area (Å²) < 4.78 is 6.54. The maximum atomic E-state index is 12.5. The fraction of sp³-hybridized carbons (Fsp3) is 0.111. The molecule has 0 aliphatic carbocycles. The monoisotopic (exact) mass is 354 g/mol. The summed E-state index contributed by atoms with van der Waals surface area (Å²) in [5, 5.41) is 12.3. The van der Waals surface area contributed by atoms with Crippen LogP contribution in [0.1, 0.15) is 12.5 Å². The number of esters is 1. The normalized spacial score (nSPS) is 11.4. The van der Waals surface area contributed by atoms with Crippen molar-refractivity contribution in [2.75, 3.05) is 6.61 Å². The number of carbonyl (C=O) groups is 1. The molecule has 1 heterocycles. The topological polar surface area (TPSA) is 69.9 Å². The van der Waals surface area contributed by atoms with Gasteiger partial charge in [-0.25, -0.2) is 4.79 Å². The van der Waals surface area contributed by atoms with E-state index in [4.69, 9.17) is 16.3 Å². The summed E-state index contributed by atoms with van der Waals surface area (Å²) in [6, 6.07) is 16.5. The maximum Gasteiger partial charge on any atom is 0.357 e. The number of carbonyl (C=O) groups excluding carboxylic acids is 1. The standard InChI is InChI=1S/C18H15ClN4O2/c1-2-25-18(24)16(12-13-8-10-15(19)11-9-13)23-17(20-21-22-23)14-6-4-3-5-7-14/h3-12H,2H2,1H3. The Morgan fingerprint density at radius 1 is 1.16 bits per heavy atom. The SMILES string of the molecule is CCOC(=O)C(=Cc1ccc(Cl)cc1)n1nnnc1-c1ccccc1. The van der Waals surface area contributed by atoms with Gasteiger partial charge in [0, 0.05) is 10.6 Å². The third kappa shape index (κ3) is 3.92. The predicted molar refractivity (Wildman–Crippen MR) is 95.5 cm³/mol. The lowest BCUT2D eigenvalue weighted by Gasteiger charge is -2.09. The zero-order valence-corrected chi connectivity index (χ0v) is 14.2. The Kier molecular flexibility index (Phi) is 5.20. The van der Waals surface area contributed by atoms with Gasteiger partial charge in [-0.1, -0.05) is 54.1 Å². The number of halogens is 1. The van der Waals surface area contributed by atoms with Crippen molar-refractivity contribution in [3.8, 4) is 11.4 Å². The van der Waals surface area contributed by atoms with E-state index in [-0.39, 0.29) is 12.3 Å². The Labute approximate surface area is 149 Å². The zero-order valence-electron chi connectivity index (χ0n) is 13.5. The average molecular weight is 355 g/mol. The molecule has 0 aliphatic heterocycles. The molecular formula is C18H15ClN4O2. The van der Waals surface area contributed by atoms with Crippen LogP contribution in [-0.4, -0.2) is 32.8 Å². The van der Waals surface area contributed by atoms with Crippen molar-refractivity contribution in [1.29, 1.82) is 0 Å². The smallest absolute Gasteiger partial charge is 0.357 e. The molecule has 0 saturated carbocycles. The number of nitrogens with zero attached hydrogens (tertiary/aromatic N) is 4. The van der Waals surface area contributed by atoms with E-state index in [1.165, 1.54) is 4.68 Å². The van der Waals surface area contributed by atoms with Crippen molar-refractivity contribution in [2.45, 2.75) is 6.92 Å². The molecule has 0 spiro atoms. The van der Waals surface area contributed by atoms with Crippen LogP contribution in [-0.2, 0) is 9.53 Å². The van der Waals surface area contributed by atoms with Gasteiger partial charge in [-0.05, 0) is 41.1 Å². The van der Waals surface area contributed by atoms with Crippen LogP contribution in [0.2, 0.25) is 5.02 Å². The minimum Gasteiger partial charge on any atom is -0.461 e. The highest BCUT2D eigenvalue weighted by atomic mass is 35.5. The van der Waals surface area contributed by atoms with Crippen LogP contribution in [0.5, 0.6) is 0 Å². The fourth-order valence-electron chi connectivity index (χ4n) is 2.25. The number of aromatic nitrogens is 4. The van der Waals surface area contributed by atoms with Crippen LogP contribution in [0.15, 0.2) is 54.6 Å². The Hall–Kier alpha value is -2.99. The molecule has 0 amide bonds. The summed E-state index contributed by atoms with van der Waals surface area (Å²) in [6.45, 7) is 2.00. The largest absolute Gasteiger partial charge is 0.461 e. The third-order valence-corrected chi connectivity index (χ3v) is 3.64. The van der Waals surface area contributed by atoms with Crippen molar-refractivity contribution in [1.82, 2.24) is 20.2 Å². The molecule has 0 unspecified atom stereocenters. The van der Waals surface area contributed by atoms with Crippen LogP contribution in [0.25, 0.3) is 23.2 Å². The molecule has 0 aliphatic rings. The highest BCUT2D eigenvalue weighted by Gasteiger charge is 2.20. The summed E-state index contributed by atoms with van der Waals surface area (Å²) in [7, 11) is 0. The predicted octanol–water partition coefficient (Wildman–Crippen LogP) is 3.55. The van der Waals surface area contributed by atoms with Gasteiger partial charge < -0.3 is 4.74 Å². The zero-order chi connectivity index (χ0) is 17.6. The molecule has 0 N–H and O–H groups in total. The second kappa shape index (κ2) is 7.72. The van der Waals surface area contributed by atoms with Crippen LogP contribution >= 0.6 is 11.6 Å². The molecule has 7 heteroatoms. The quantitative estimate of drug-likeness (QED) is 0.517. The molecule has 3 aromatic rings. The highest BCUT2D eigenvalue weighted by Crippen LogP contribution is 2.21. The van der Waals surface area contributed by atoms with Gasteiger partial charge >= 0.3 is 5.97 Å². The first-order valence-electron chi connectivity index (χ1n) is 7.67. The van der Waals surface area contributed by atoms with E-state index in [0.717, 1.165) is 11.1 Å². The van der Waals surface area contributed by atoms with Gasteiger partial charge in [0.15, 0.2) is 11.5 Å². The van der Waals surface area contributed by atoms with Crippen molar-refractivity contribution >= 4 is 29.3 Å². The van der Waals surface area contributed by atoms with Crippen molar-refractivity contribution < 1.29 is 9.53 Å². The molecule has 2 aromatic carbocycles. The van der Waals surface area contributed by atoms with E-state index in [2.05, 4.69) is 15.5 Å². The minimum absolute atomic E-state index is 0.216. The Balaban J connectivity index is 2.09. The average Bonchev–Trinajstić information content (AvgIpc) is 3.11. The van der Waals surface area contributed by atoms with E-state index in [1.54, 1.807) is 37.3 Å². The number of rotatable bonds is 5. The van der Waals surface area contributed by atoms with E-state index in [9.17, 15) is 4.79 Å². The van der Waals surface area contributed by atoms with Gasteiger partial charge in [0.1, 0.15) is 0 Å². The summed E-state index contributed by atoms with van der Waals surface area (Å²) in [5.74, 6) is -0.0594. The van der Waals surface area contributed by atoms with E-state index >= 15 is 0 Å². The summed E-state index contributed by atoms with van der Waals surface area (Å²) >= 11 is 5.92. The first-order chi connectivity index (χ1) is 12.2. The highest BCUT2D eigenvalue weighted by molar-refractivity contribution is 6.30. The molecule has 0 radical (unpaired) electrons. The van der Waals surface area contributed by atoms with Gasteiger partial charge in [0.2, 0.25) is 0 Å². The molecule has 1 aromatic heterocycles. The van der Waals surface area contributed by atoms with Crippen molar-refractivity contribution in [2.24, 2.45) is 0 Å². The number of ether oxygens (including phenoxy) is 1. The van der Waals surface area contributed by atoms with Gasteiger partial charge in [-0.2, -0.15) is 4.68 Å². The first kappa shape index (κ1) is 16.9. The molecule has 0 atom stereocenters. The van der Waals surface area contributed by atoms with Crippen molar-refractivity contribution in [3.05, 3.63) is 65.2 Å². The van der Waals surface area contributed by atoms with E-state index in [0.29, 0.717) is 10.8 Å². The lowest BCUT2D eigenvalue weighted by Crippen LogP contribution is -2.14. The summed E-state index contributed by atoms with van der Waals surface area (Å²) in [5.41, 5.74) is 1.79. The van der Waals surface area contributed by atoms with Crippen LogP contribution < -0.4 is 0 Å². The lowest BCUT2D eigenvalue weighted by molar-refractivity contribution is -0.136. The Morgan fingerprint density at radius 3 is 2.56 bits per heavy atom. The number of benzene rings is 2. The molecule has 0 bridgehead atoms. The van der Waals surface area contributed by atoms with E-state index in [1.807, 2.05) is 30.3 Å². The third-order valence-electron chi connectivity index (χ3n) is 3.39. The second-order valence-corrected chi connectivity index (χ2v) is 5.52. The van der Waals surface area contributed by atoms with Crippen LogP contribution in [0.3, 0.4) is 0 Å².